The van der Waals surface area contributed by atoms with E-state index in [9.17, 15) is 10.2 Å². The predicted molar refractivity (Wildman–Crippen MR) is 69.6 cm³/mol. The second kappa shape index (κ2) is 4.44. The van der Waals surface area contributed by atoms with Gasteiger partial charge in [0.2, 0.25) is 0 Å². The fourth-order valence-corrected chi connectivity index (χ4v) is 2.72. The van der Waals surface area contributed by atoms with Crippen molar-refractivity contribution in [1.29, 1.82) is 0 Å². The molecule has 2 unspecified atom stereocenters. The van der Waals surface area contributed by atoms with E-state index in [1.807, 2.05) is 0 Å². The normalized spacial score (nSPS) is 23.8. The highest BCUT2D eigenvalue weighted by Crippen LogP contribution is 2.45. The first-order chi connectivity index (χ1) is 8.36. The third-order valence-corrected chi connectivity index (χ3v) is 3.55. The van der Waals surface area contributed by atoms with Gasteiger partial charge < -0.3 is 20.7 Å². The molecule has 4 nitrogen and oxygen atoms in total. The zero-order valence-electron chi connectivity index (χ0n) is 11.1. The zero-order chi connectivity index (χ0) is 13.5. The average Bonchev–Trinajstić information content (AvgIpc) is 2.31. The maximum Gasteiger partial charge on any atom is 0.161 e. The molecular weight excluding hydrogens is 230 g/mol. The van der Waals surface area contributed by atoms with Gasteiger partial charge in [0.25, 0.3) is 0 Å². The Bertz CT molecular complexity index is 451. The molecule has 0 saturated heterocycles. The molecule has 0 saturated carbocycles. The lowest BCUT2D eigenvalue weighted by Crippen LogP contribution is -2.41. The van der Waals surface area contributed by atoms with Crippen molar-refractivity contribution >= 4 is 0 Å². The lowest BCUT2D eigenvalue weighted by molar-refractivity contribution is -0.0555. The van der Waals surface area contributed by atoms with Crippen molar-refractivity contribution in [2.24, 2.45) is 11.1 Å². The van der Waals surface area contributed by atoms with Crippen molar-refractivity contribution in [3.63, 3.8) is 0 Å². The van der Waals surface area contributed by atoms with Crippen LogP contribution in [0.3, 0.4) is 0 Å². The van der Waals surface area contributed by atoms with Crippen molar-refractivity contribution in [2.45, 2.75) is 39.4 Å². The molecule has 0 bridgehead atoms. The van der Waals surface area contributed by atoms with Crippen molar-refractivity contribution in [2.75, 3.05) is 6.54 Å². The minimum Gasteiger partial charge on any atom is -0.504 e. The number of ether oxygens (including phenoxy) is 1. The lowest BCUT2D eigenvalue weighted by atomic mass is 9.75. The number of benzene rings is 1. The van der Waals surface area contributed by atoms with Crippen LogP contribution in [0, 0.1) is 5.41 Å². The van der Waals surface area contributed by atoms with E-state index in [2.05, 4.69) is 20.8 Å². The van der Waals surface area contributed by atoms with E-state index in [4.69, 9.17) is 10.5 Å². The minimum atomic E-state index is -0.0964. The van der Waals surface area contributed by atoms with Crippen LogP contribution in [0.2, 0.25) is 0 Å². The number of hydrogen-bond donors (Lipinski definition) is 3. The van der Waals surface area contributed by atoms with Gasteiger partial charge in [-0.1, -0.05) is 26.8 Å². The fraction of sp³-hybridized carbons (Fsp3) is 0.571. The van der Waals surface area contributed by atoms with Crippen molar-refractivity contribution in [3.05, 3.63) is 23.3 Å². The van der Waals surface area contributed by atoms with Crippen LogP contribution < -0.4 is 5.73 Å². The van der Waals surface area contributed by atoms with E-state index in [0.717, 1.165) is 11.1 Å². The van der Waals surface area contributed by atoms with E-state index >= 15 is 0 Å². The van der Waals surface area contributed by atoms with Gasteiger partial charge in [0.1, 0.15) is 0 Å². The maximum absolute atomic E-state index is 10.1. The van der Waals surface area contributed by atoms with Crippen LogP contribution >= 0.6 is 0 Å². The molecule has 1 aliphatic rings. The van der Waals surface area contributed by atoms with Crippen molar-refractivity contribution < 1.29 is 14.9 Å². The van der Waals surface area contributed by atoms with Crippen LogP contribution in [0.5, 0.6) is 11.5 Å². The Kier molecular flexibility index (Phi) is 3.25. The monoisotopic (exact) mass is 251 g/mol. The molecule has 2 atom stereocenters. The molecule has 0 spiro atoms. The summed E-state index contributed by atoms with van der Waals surface area (Å²) in [5.41, 5.74) is 7.43. The molecule has 0 radical (unpaired) electrons. The van der Waals surface area contributed by atoms with E-state index in [1.54, 1.807) is 6.07 Å². The molecule has 4 N–H and O–H groups in total. The minimum absolute atomic E-state index is 0.0551. The number of phenolic OH excluding ortho intramolecular Hbond substituents is 2. The van der Waals surface area contributed by atoms with Crippen molar-refractivity contribution in [3.8, 4) is 11.5 Å². The molecule has 0 aromatic heterocycles. The Balaban J connectivity index is 2.52. The molecule has 1 aromatic carbocycles. The molecule has 2 rings (SSSR count). The number of nitrogens with two attached hydrogens (primary N) is 1. The van der Waals surface area contributed by atoms with Gasteiger partial charge >= 0.3 is 0 Å². The smallest absolute Gasteiger partial charge is 0.161 e. The lowest BCUT2D eigenvalue weighted by Gasteiger charge is -2.41. The van der Waals surface area contributed by atoms with E-state index in [-0.39, 0.29) is 28.9 Å². The highest BCUT2D eigenvalue weighted by Gasteiger charge is 2.39. The van der Waals surface area contributed by atoms with Crippen LogP contribution in [0.1, 0.15) is 37.8 Å². The van der Waals surface area contributed by atoms with Crippen LogP contribution in [0.4, 0.5) is 0 Å². The largest absolute Gasteiger partial charge is 0.504 e. The molecule has 0 amide bonds. The summed E-state index contributed by atoms with van der Waals surface area (Å²) >= 11 is 0. The quantitative estimate of drug-likeness (QED) is 0.668. The highest BCUT2D eigenvalue weighted by molar-refractivity contribution is 5.52. The summed E-state index contributed by atoms with van der Waals surface area (Å²) in [4.78, 5) is 0. The Morgan fingerprint density at radius 2 is 2.00 bits per heavy atom. The molecule has 1 heterocycles. The van der Waals surface area contributed by atoms with E-state index in [0.29, 0.717) is 13.2 Å². The standard InChI is InChI=1S/C14H21NO3/c1-14(2,3)13-9(6-15)11-8(7-18-13)4-5-10(16)12(11)17/h4-5,9,13,16-17H,6-7,15H2,1-3H3. The summed E-state index contributed by atoms with van der Waals surface area (Å²) in [6.07, 6.45) is -0.0669. The maximum atomic E-state index is 10.1. The van der Waals surface area contributed by atoms with Crippen LogP contribution in [-0.2, 0) is 11.3 Å². The number of hydrogen-bond acceptors (Lipinski definition) is 4. The van der Waals surface area contributed by atoms with Gasteiger partial charge in [-0.25, -0.2) is 0 Å². The van der Waals surface area contributed by atoms with Crippen LogP contribution in [-0.4, -0.2) is 22.9 Å². The highest BCUT2D eigenvalue weighted by atomic mass is 16.5. The second-order valence-electron chi connectivity index (χ2n) is 5.95. The Hall–Kier alpha value is -1.26. The topological polar surface area (TPSA) is 75.7 Å². The molecule has 4 heteroatoms. The number of fused-ring (bicyclic) bond motifs is 1. The molecule has 1 aromatic rings. The molecule has 1 aliphatic heterocycles. The van der Waals surface area contributed by atoms with Crippen LogP contribution in [0.25, 0.3) is 0 Å². The Morgan fingerprint density at radius 3 is 2.56 bits per heavy atom. The van der Waals surface area contributed by atoms with Gasteiger partial charge in [-0.15, -0.1) is 0 Å². The number of aromatic hydroxyl groups is 2. The second-order valence-corrected chi connectivity index (χ2v) is 5.95. The SMILES string of the molecule is CC(C)(C)C1OCc2ccc(O)c(O)c2C1CN. The summed E-state index contributed by atoms with van der Waals surface area (Å²) < 4.78 is 5.89. The van der Waals surface area contributed by atoms with Gasteiger partial charge in [0.15, 0.2) is 11.5 Å². The Labute approximate surface area is 107 Å². The zero-order valence-corrected chi connectivity index (χ0v) is 11.1. The summed E-state index contributed by atoms with van der Waals surface area (Å²) in [5.74, 6) is -0.247. The number of phenols is 2. The first kappa shape index (κ1) is 13.2. The average molecular weight is 251 g/mol. The van der Waals surface area contributed by atoms with Gasteiger partial charge in [-0.3, -0.25) is 0 Å². The van der Waals surface area contributed by atoms with E-state index < -0.39 is 0 Å². The van der Waals surface area contributed by atoms with Crippen LogP contribution in [0.15, 0.2) is 12.1 Å². The van der Waals surface area contributed by atoms with Gasteiger partial charge in [0, 0.05) is 18.0 Å². The fourth-order valence-electron chi connectivity index (χ4n) is 2.72. The third-order valence-electron chi connectivity index (χ3n) is 3.55. The van der Waals surface area contributed by atoms with Gasteiger partial charge in [-0.2, -0.15) is 0 Å². The first-order valence-corrected chi connectivity index (χ1v) is 6.21. The summed E-state index contributed by atoms with van der Waals surface area (Å²) in [5, 5.41) is 19.7. The molecule has 18 heavy (non-hydrogen) atoms. The summed E-state index contributed by atoms with van der Waals surface area (Å²) in [6.45, 7) is 7.09. The first-order valence-electron chi connectivity index (χ1n) is 6.21. The molecule has 100 valence electrons. The molecular formula is C14H21NO3. The predicted octanol–water partition coefficient (Wildman–Crippen LogP) is 2.08. The van der Waals surface area contributed by atoms with E-state index in [1.165, 1.54) is 6.07 Å². The number of rotatable bonds is 1. The summed E-state index contributed by atoms with van der Waals surface area (Å²) in [6, 6.07) is 3.27. The Morgan fingerprint density at radius 1 is 1.33 bits per heavy atom. The van der Waals surface area contributed by atoms with Gasteiger partial charge in [0.05, 0.1) is 12.7 Å². The summed E-state index contributed by atoms with van der Waals surface area (Å²) in [7, 11) is 0. The van der Waals surface area contributed by atoms with Crippen molar-refractivity contribution in [1.82, 2.24) is 0 Å². The van der Waals surface area contributed by atoms with Gasteiger partial charge in [-0.05, 0) is 17.0 Å². The molecule has 0 fully saturated rings. The third kappa shape index (κ3) is 2.06. The molecule has 0 aliphatic carbocycles.